The smallest absolute Gasteiger partial charge is 0.220 e. The molecule has 2 heterocycles. The molecule has 1 aliphatic heterocycles. The quantitative estimate of drug-likeness (QED) is 0.843. The average molecular weight is 337 g/mol. The molecule has 3 rings (SSSR count). The molecule has 0 aliphatic carbocycles. The highest BCUT2D eigenvalue weighted by atomic mass is 16.1. The Bertz CT molecular complexity index is 639. The minimum Gasteiger partial charge on any atom is -0.354 e. The van der Waals surface area contributed by atoms with Gasteiger partial charge in [-0.3, -0.25) is 14.7 Å². The summed E-state index contributed by atoms with van der Waals surface area (Å²) in [6.07, 6.45) is 8.64. The van der Waals surface area contributed by atoms with Gasteiger partial charge in [-0.25, -0.2) is 0 Å². The van der Waals surface area contributed by atoms with Gasteiger partial charge in [0.05, 0.1) is 6.04 Å². The maximum Gasteiger partial charge on any atom is 0.220 e. The van der Waals surface area contributed by atoms with Crippen LogP contribution in [0.5, 0.6) is 0 Å². The van der Waals surface area contributed by atoms with Gasteiger partial charge in [-0.05, 0) is 49.5 Å². The number of aromatic nitrogens is 1. The molecule has 1 amide bonds. The summed E-state index contributed by atoms with van der Waals surface area (Å²) >= 11 is 0. The van der Waals surface area contributed by atoms with Crippen LogP contribution in [0.4, 0.5) is 0 Å². The first-order valence-electron chi connectivity index (χ1n) is 9.27. The number of hydrogen-bond acceptors (Lipinski definition) is 3. The molecule has 1 saturated heterocycles. The Hall–Kier alpha value is -2.20. The number of rotatable bonds is 7. The Morgan fingerprint density at radius 1 is 1.08 bits per heavy atom. The number of likely N-dealkylation sites (tertiary alicyclic amines) is 1. The fourth-order valence-corrected chi connectivity index (χ4v) is 3.47. The molecule has 4 nitrogen and oxygen atoms in total. The van der Waals surface area contributed by atoms with Crippen molar-refractivity contribution in [3.8, 4) is 0 Å². The van der Waals surface area contributed by atoms with Crippen molar-refractivity contribution in [1.29, 1.82) is 0 Å². The molecular weight excluding hydrogens is 310 g/mol. The van der Waals surface area contributed by atoms with E-state index in [0.717, 1.165) is 25.1 Å². The van der Waals surface area contributed by atoms with E-state index in [0.29, 0.717) is 13.0 Å². The van der Waals surface area contributed by atoms with Crippen LogP contribution >= 0.6 is 0 Å². The summed E-state index contributed by atoms with van der Waals surface area (Å²) in [6, 6.07) is 14.7. The van der Waals surface area contributed by atoms with Crippen molar-refractivity contribution in [2.24, 2.45) is 0 Å². The lowest BCUT2D eigenvalue weighted by molar-refractivity contribution is -0.121. The molecule has 132 valence electrons. The maximum atomic E-state index is 12.3. The highest BCUT2D eigenvalue weighted by molar-refractivity contribution is 5.76. The van der Waals surface area contributed by atoms with Gasteiger partial charge in [0.15, 0.2) is 0 Å². The lowest BCUT2D eigenvalue weighted by atomic mass is 10.0. The van der Waals surface area contributed by atoms with Crippen LogP contribution in [0.25, 0.3) is 0 Å². The minimum absolute atomic E-state index is 0.113. The summed E-state index contributed by atoms with van der Waals surface area (Å²) in [5.74, 6) is 0.113. The van der Waals surface area contributed by atoms with Gasteiger partial charge in [-0.1, -0.05) is 42.8 Å². The normalized spacial score (nSPS) is 16.3. The van der Waals surface area contributed by atoms with Gasteiger partial charge in [-0.2, -0.15) is 0 Å². The first kappa shape index (κ1) is 17.6. The number of hydrogen-bond donors (Lipinski definition) is 1. The van der Waals surface area contributed by atoms with E-state index in [9.17, 15) is 4.79 Å². The van der Waals surface area contributed by atoms with Crippen molar-refractivity contribution in [1.82, 2.24) is 15.2 Å². The standard InChI is InChI=1S/C21H27N3O/c25-21(12-11-18-8-7-13-22-16-18)23-17-20(19-9-3-1-4-10-19)24-14-5-2-6-15-24/h1,3-4,7-10,13,16,20H,2,5-6,11-12,14-15,17H2,(H,23,25). The third kappa shape index (κ3) is 5.40. The highest BCUT2D eigenvalue weighted by Gasteiger charge is 2.22. The van der Waals surface area contributed by atoms with Crippen LogP contribution in [0, 0.1) is 0 Å². The molecule has 1 N–H and O–H groups in total. The van der Waals surface area contributed by atoms with Gasteiger partial charge < -0.3 is 5.32 Å². The second kappa shape index (κ2) is 9.33. The maximum absolute atomic E-state index is 12.3. The van der Waals surface area contributed by atoms with E-state index in [1.807, 2.05) is 24.4 Å². The van der Waals surface area contributed by atoms with Gasteiger partial charge >= 0.3 is 0 Å². The number of nitrogens with one attached hydrogen (secondary N) is 1. The van der Waals surface area contributed by atoms with Crippen LogP contribution < -0.4 is 5.32 Å². The topological polar surface area (TPSA) is 45.2 Å². The Morgan fingerprint density at radius 3 is 2.60 bits per heavy atom. The van der Waals surface area contributed by atoms with Crippen molar-refractivity contribution in [3.05, 3.63) is 66.0 Å². The molecule has 0 saturated carbocycles. The average Bonchev–Trinajstić information content (AvgIpc) is 2.69. The number of benzene rings is 1. The fraction of sp³-hybridized carbons (Fsp3) is 0.429. The summed E-state index contributed by atoms with van der Waals surface area (Å²) < 4.78 is 0. The minimum atomic E-state index is 0.113. The molecule has 0 bridgehead atoms. The van der Waals surface area contributed by atoms with E-state index in [2.05, 4.69) is 39.5 Å². The van der Waals surface area contributed by atoms with Crippen LogP contribution in [-0.4, -0.2) is 35.4 Å². The molecular formula is C21H27N3O. The fourth-order valence-electron chi connectivity index (χ4n) is 3.47. The van der Waals surface area contributed by atoms with E-state index in [-0.39, 0.29) is 11.9 Å². The molecule has 1 aromatic carbocycles. The van der Waals surface area contributed by atoms with Crippen molar-refractivity contribution in [2.75, 3.05) is 19.6 Å². The van der Waals surface area contributed by atoms with Crippen molar-refractivity contribution < 1.29 is 4.79 Å². The second-order valence-corrected chi connectivity index (χ2v) is 6.69. The summed E-state index contributed by atoms with van der Waals surface area (Å²) in [4.78, 5) is 18.9. The number of amides is 1. The molecule has 0 radical (unpaired) electrons. The number of aryl methyl sites for hydroxylation is 1. The summed E-state index contributed by atoms with van der Waals surface area (Å²) in [5, 5.41) is 3.15. The molecule has 1 unspecified atom stereocenters. The van der Waals surface area contributed by atoms with E-state index in [1.165, 1.54) is 24.8 Å². The summed E-state index contributed by atoms with van der Waals surface area (Å²) in [7, 11) is 0. The van der Waals surface area contributed by atoms with Crippen molar-refractivity contribution >= 4 is 5.91 Å². The monoisotopic (exact) mass is 337 g/mol. The predicted molar refractivity (Wildman–Crippen MR) is 100 cm³/mol. The van der Waals surface area contributed by atoms with E-state index >= 15 is 0 Å². The SMILES string of the molecule is O=C(CCc1cccnc1)NCC(c1ccccc1)N1CCCCC1. The predicted octanol–water partition coefficient (Wildman–Crippen LogP) is 3.36. The summed E-state index contributed by atoms with van der Waals surface area (Å²) in [6.45, 7) is 2.91. The van der Waals surface area contributed by atoms with Gasteiger partial charge in [0.1, 0.15) is 0 Å². The van der Waals surface area contributed by atoms with Gasteiger partial charge in [-0.15, -0.1) is 0 Å². The number of pyridine rings is 1. The zero-order valence-electron chi connectivity index (χ0n) is 14.7. The van der Waals surface area contributed by atoms with Crippen LogP contribution in [0.2, 0.25) is 0 Å². The lowest BCUT2D eigenvalue weighted by Crippen LogP contribution is -2.40. The first-order valence-corrected chi connectivity index (χ1v) is 9.27. The molecule has 1 atom stereocenters. The molecule has 2 aromatic rings. The number of piperidine rings is 1. The van der Waals surface area contributed by atoms with E-state index in [1.54, 1.807) is 6.20 Å². The Kier molecular flexibility index (Phi) is 6.57. The molecule has 25 heavy (non-hydrogen) atoms. The number of carbonyl (C=O) groups excluding carboxylic acids is 1. The Labute approximate surface area is 150 Å². The number of carbonyl (C=O) groups is 1. The molecule has 1 fully saturated rings. The lowest BCUT2D eigenvalue weighted by Gasteiger charge is -2.35. The molecule has 1 aromatic heterocycles. The highest BCUT2D eigenvalue weighted by Crippen LogP contribution is 2.24. The zero-order chi connectivity index (χ0) is 17.3. The van der Waals surface area contributed by atoms with Crippen LogP contribution in [0.15, 0.2) is 54.9 Å². The van der Waals surface area contributed by atoms with Crippen LogP contribution in [-0.2, 0) is 11.2 Å². The summed E-state index contributed by atoms with van der Waals surface area (Å²) in [5.41, 5.74) is 2.39. The molecule has 1 aliphatic rings. The molecule has 0 spiro atoms. The third-order valence-corrected chi connectivity index (χ3v) is 4.87. The van der Waals surface area contributed by atoms with E-state index in [4.69, 9.17) is 0 Å². The van der Waals surface area contributed by atoms with E-state index < -0.39 is 0 Å². The van der Waals surface area contributed by atoms with Gasteiger partial charge in [0, 0.05) is 25.4 Å². The Balaban J connectivity index is 1.55. The van der Waals surface area contributed by atoms with Crippen LogP contribution in [0.1, 0.15) is 42.9 Å². The Morgan fingerprint density at radius 2 is 1.88 bits per heavy atom. The van der Waals surface area contributed by atoms with Crippen LogP contribution in [0.3, 0.4) is 0 Å². The second-order valence-electron chi connectivity index (χ2n) is 6.69. The number of nitrogens with zero attached hydrogens (tertiary/aromatic N) is 2. The van der Waals surface area contributed by atoms with Gasteiger partial charge in [0.25, 0.3) is 0 Å². The third-order valence-electron chi connectivity index (χ3n) is 4.87. The van der Waals surface area contributed by atoms with Crippen molar-refractivity contribution in [3.63, 3.8) is 0 Å². The largest absolute Gasteiger partial charge is 0.354 e. The first-order chi connectivity index (χ1) is 12.3. The molecule has 4 heteroatoms. The van der Waals surface area contributed by atoms with Crippen molar-refractivity contribution in [2.45, 2.75) is 38.1 Å². The van der Waals surface area contributed by atoms with Gasteiger partial charge in [0.2, 0.25) is 5.91 Å². The zero-order valence-corrected chi connectivity index (χ0v) is 14.7.